The lowest BCUT2D eigenvalue weighted by Crippen LogP contribution is -2.40. The number of amides is 2. The highest BCUT2D eigenvalue weighted by molar-refractivity contribution is 7.90. The van der Waals surface area contributed by atoms with Crippen LogP contribution in [0, 0.1) is 0 Å². The molecule has 0 aliphatic carbocycles. The topological polar surface area (TPSA) is 131 Å². The van der Waals surface area contributed by atoms with Crippen LogP contribution in [0.5, 0.6) is 0 Å². The third-order valence-electron chi connectivity index (χ3n) is 4.71. The number of sulfonamides is 1. The molecule has 2 amide bonds. The van der Waals surface area contributed by atoms with Crippen LogP contribution >= 0.6 is 0 Å². The Kier molecular flexibility index (Phi) is 7.05. The minimum Gasteiger partial charge on any atom is -0.443 e. The smallest absolute Gasteiger partial charge is 0.421 e. The second kappa shape index (κ2) is 9.49. The van der Waals surface area contributed by atoms with E-state index in [1.807, 2.05) is 0 Å². The summed E-state index contributed by atoms with van der Waals surface area (Å²) < 4.78 is 58.7. The molecule has 1 aliphatic heterocycles. The number of carbonyl (C=O) groups is 2. The molecular formula is C21H25F2N5O5S. The van der Waals surface area contributed by atoms with Gasteiger partial charge in [-0.25, -0.2) is 28.3 Å². The van der Waals surface area contributed by atoms with Crippen molar-refractivity contribution in [3.8, 4) is 0 Å². The van der Waals surface area contributed by atoms with Crippen molar-refractivity contribution in [1.82, 2.24) is 14.7 Å². The lowest BCUT2D eigenvalue weighted by atomic mass is 10.1. The molecule has 2 aromatic rings. The summed E-state index contributed by atoms with van der Waals surface area (Å²) in [6.45, 7) is 4.82. The molecule has 0 unspecified atom stereocenters. The molecule has 184 valence electrons. The molecule has 34 heavy (non-hydrogen) atoms. The molecule has 3 heterocycles. The van der Waals surface area contributed by atoms with E-state index in [9.17, 15) is 26.8 Å². The van der Waals surface area contributed by atoms with Gasteiger partial charge in [0.1, 0.15) is 11.4 Å². The molecular weight excluding hydrogens is 472 g/mol. The van der Waals surface area contributed by atoms with Crippen LogP contribution < -0.4 is 14.9 Å². The second-order valence-corrected chi connectivity index (χ2v) is 10.3. The fraction of sp³-hybridized carbons (Fsp3) is 0.429. The number of ether oxygens (including phenoxy) is 1. The highest BCUT2D eigenvalue weighted by Gasteiger charge is 2.35. The first-order valence-corrected chi connectivity index (χ1v) is 11.9. The minimum absolute atomic E-state index is 0.0400. The van der Waals surface area contributed by atoms with Crippen LogP contribution in [0.15, 0.2) is 41.7 Å². The lowest BCUT2D eigenvalue weighted by molar-refractivity contribution is -0.0221. The molecule has 3 rings (SSSR count). The number of piperidine rings is 1. The number of aromatic nitrogens is 2. The summed E-state index contributed by atoms with van der Waals surface area (Å²) in [5.41, 5.74) is -0.681. The molecule has 0 atom stereocenters. The molecule has 0 spiro atoms. The first kappa shape index (κ1) is 25.3. The van der Waals surface area contributed by atoms with Crippen LogP contribution in [0.1, 0.15) is 44.0 Å². The number of alkyl halides is 2. The van der Waals surface area contributed by atoms with Crippen LogP contribution in [-0.2, 0) is 14.8 Å². The number of pyridine rings is 2. The van der Waals surface area contributed by atoms with Crippen LogP contribution in [0.25, 0.3) is 0 Å². The molecule has 0 saturated carbocycles. The zero-order valence-corrected chi connectivity index (χ0v) is 19.7. The number of hydrogen-bond acceptors (Lipinski definition) is 8. The summed E-state index contributed by atoms with van der Waals surface area (Å²) in [4.78, 5) is 34.3. The van der Waals surface area contributed by atoms with Gasteiger partial charge in [0.15, 0.2) is 5.03 Å². The van der Waals surface area contributed by atoms with E-state index < -0.39 is 38.6 Å². The number of anilines is 2. The van der Waals surface area contributed by atoms with Gasteiger partial charge in [-0.2, -0.15) is 8.42 Å². The van der Waals surface area contributed by atoms with Gasteiger partial charge in [-0.3, -0.25) is 4.79 Å². The summed E-state index contributed by atoms with van der Waals surface area (Å²) in [6, 6.07) is 5.46. The van der Waals surface area contributed by atoms with Gasteiger partial charge < -0.3 is 15.0 Å². The van der Waals surface area contributed by atoms with Crippen molar-refractivity contribution in [2.24, 2.45) is 0 Å². The Morgan fingerprint density at radius 3 is 2.44 bits per heavy atom. The first-order chi connectivity index (χ1) is 15.8. The van der Waals surface area contributed by atoms with Crippen LogP contribution in [0.3, 0.4) is 0 Å². The molecule has 0 radical (unpaired) electrons. The summed E-state index contributed by atoms with van der Waals surface area (Å²) in [5, 5.41) is 2.04. The average molecular weight is 498 g/mol. The maximum absolute atomic E-state index is 13.5. The largest absolute Gasteiger partial charge is 0.443 e. The molecule has 10 nitrogen and oxygen atoms in total. The third-order valence-corrected chi connectivity index (χ3v) is 5.92. The van der Waals surface area contributed by atoms with Crippen molar-refractivity contribution in [2.75, 3.05) is 23.3 Å². The zero-order valence-electron chi connectivity index (χ0n) is 18.8. The van der Waals surface area contributed by atoms with Crippen molar-refractivity contribution in [1.29, 1.82) is 0 Å². The highest BCUT2D eigenvalue weighted by atomic mass is 32.2. The van der Waals surface area contributed by atoms with Gasteiger partial charge in [0.05, 0.1) is 5.56 Å². The molecule has 2 N–H and O–H groups in total. The maximum atomic E-state index is 13.5. The Morgan fingerprint density at radius 2 is 1.79 bits per heavy atom. The molecule has 0 aromatic carbocycles. The Hall–Kier alpha value is -3.35. The summed E-state index contributed by atoms with van der Waals surface area (Å²) >= 11 is 0. The van der Waals surface area contributed by atoms with Gasteiger partial charge in [0.2, 0.25) is 0 Å². The summed E-state index contributed by atoms with van der Waals surface area (Å²) in [6.07, 6.45) is 0.742. The van der Waals surface area contributed by atoms with E-state index in [0.29, 0.717) is 0 Å². The molecule has 13 heteroatoms. The van der Waals surface area contributed by atoms with E-state index in [0.717, 1.165) is 12.3 Å². The van der Waals surface area contributed by atoms with Crippen molar-refractivity contribution >= 4 is 33.5 Å². The Labute approximate surface area is 195 Å². The molecule has 1 fully saturated rings. The van der Waals surface area contributed by atoms with Gasteiger partial charge in [0, 0.05) is 50.1 Å². The Bertz CT molecular complexity index is 1170. The third kappa shape index (κ3) is 6.59. The Morgan fingerprint density at radius 1 is 1.12 bits per heavy atom. The van der Waals surface area contributed by atoms with Gasteiger partial charge in [-0.15, -0.1) is 0 Å². The maximum Gasteiger partial charge on any atom is 0.421 e. The highest BCUT2D eigenvalue weighted by Crippen LogP contribution is 2.31. The van der Waals surface area contributed by atoms with Crippen molar-refractivity contribution in [2.45, 2.75) is 50.2 Å². The van der Waals surface area contributed by atoms with Crippen LogP contribution in [0.2, 0.25) is 0 Å². The predicted octanol–water partition coefficient (Wildman–Crippen LogP) is 3.18. The number of halogens is 2. The van der Waals surface area contributed by atoms with Crippen LogP contribution in [-0.4, -0.2) is 55.0 Å². The van der Waals surface area contributed by atoms with Crippen molar-refractivity contribution in [3.05, 3.63) is 42.2 Å². The SMILES string of the molecule is CC(C)(C)OC(=O)NS(=O)(=O)c1cc(NC(=O)c2cccnc2N2CCC(F)(F)CC2)ccn1. The number of rotatable bonds is 5. The van der Waals surface area contributed by atoms with E-state index in [-0.39, 0.29) is 43.0 Å². The fourth-order valence-electron chi connectivity index (χ4n) is 3.17. The van der Waals surface area contributed by atoms with Gasteiger partial charge in [-0.05, 0) is 39.0 Å². The second-order valence-electron chi connectivity index (χ2n) is 8.66. The number of nitrogens with zero attached hydrogens (tertiary/aromatic N) is 3. The zero-order chi connectivity index (χ0) is 25.1. The molecule has 1 aliphatic rings. The average Bonchev–Trinajstić information content (AvgIpc) is 2.72. The van der Waals surface area contributed by atoms with E-state index in [4.69, 9.17) is 4.74 Å². The lowest BCUT2D eigenvalue weighted by Gasteiger charge is -2.33. The van der Waals surface area contributed by atoms with Crippen molar-refractivity contribution in [3.63, 3.8) is 0 Å². The van der Waals surface area contributed by atoms with Crippen molar-refractivity contribution < 1.29 is 31.5 Å². The summed E-state index contributed by atoms with van der Waals surface area (Å²) in [5.74, 6) is -3.11. The molecule has 1 saturated heterocycles. The van der Waals surface area contributed by atoms with Gasteiger partial charge in [0.25, 0.3) is 21.9 Å². The Balaban J connectivity index is 1.76. The normalized spacial score (nSPS) is 16.0. The van der Waals surface area contributed by atoms with E-state index >= 15 is 0 Å². The van der Waals surface area contributed by atoms with Crippen LogP contribution in [0.4, 0.5) is 25.1 Å². The molecule has 2 aromatic heterocycles. The van der Waals surface area contributed by atoms with Gasteiger partial charge in [-0.1, -0.05) is 0 Å². The number of carbonyl (C=O) groups excluding carboxylic acids is 2. The monoisotopic (exact) mass is 497 g/mol. The number of nitrogens with one attached hydrogen (secondary N) is 2. The van der Waals surface area contributed by atoms with E-state index in [2.05, 4.69) is 15.3 Å². The number of hydrogen-bond donors (Lipinski definition) is 2. The quantitative estimate of drug-likeness (QED) is 0.644. The minimum atomic E-state index is -4.37. The van der Waals surface area contributed by atoms with Gasteiger partial charge >= 0.3 is 6.09 Å². The van der Waals surface area contributed by atoms with E-state index in [1.165, 1.54) is 24.4 Å². The summed E-state index contributed by atoms with van der Waals surface area (Å²) in [7, 11) is -4.37. The first-order valence-electron chi connectivity index (χ1n) is 10.4. The van der Waals surface area contributed by atoms with E-state index in [1.54, 1.807) is 30.4 Å². The molecule has 0 bridgehead atoms. The standard InChI is InChI=1S/C21H25F2N5O5S/c1-20(2,3)33-19(30)27-34(31,32)16-13-14(6-10-24-16)26-18(29)15-5-4-9-25-17(15)28-11-7-21(22,23)8-12-28/h4-6,9-10,13H,7-8,11-12H2,1-3H3,(H,27,30)(H,24,26,29). The predicted molar refractivity (Wildman–Crippen MR) is 119 cm³/mol. The fourth-order valence-corrected chi connectivity index (χ4v) is 4.01.